The van der Waals surface area contributed by atoms with E-state index in [2.05, 4.69) is 18.3 Å². The molecule has 0 radical (unpaired) electrons. The van der Waals surface area contributed by atoms with Gasteiger partial charge < -0.3 is 77.1 Å². The Morgan fingerprint density at radius 3 is 1.54 bits per heavy atom. The van der Waals surface area contributed by atoms with E-state index in [0.717, 1.165) is 0 Å². The molecule has 0 aliphatic heterocycles. The molecule has 0 saturated heterocycles. The number of rotatable bonds is 17. The van der Waals surface area contributed by atoms with Gasteiger partial charge in [0.2, 0.25) is 20.8 Å². The number of hydrogen-bond acceptors (Lipinski definition) is 20. The van der Waals surface area contributed by atoms with Crippen LogP contribution in [0.1, 0.15) is 0 Å². The van der Waals surface area contributed by atoms with Crippen molar-refractivity contribution in [3.05, 3.63) is 0 Å². The van der Waals surface area contributed by atoms with Gasteiger partial charge in [0.25, 0.3) is 0 Å². The number of hydrogen-bond donors (Lipinski definition) is 0. The maximum absolute atomic E-state index is 11.4. The molecule has 0 aromatic carbocycles. The van der Waals surface area contributed by atoms with Gasteiger partial charge >= 0.3 is 0 Å². The summed E-state index contributed by atoms with van der Waals surface area (Å²) in [5.74, 6) is 0. The molecule has 0 amide bonds. The summed E-state index contributed by atoms with van der Waals surface area (Å²) in [5.41, 5.74) is 0. The first-order valence-electron chi connectivity index (χ1n) is 9.04. The first kappa shape index (κ1) is 35.6. The van der Waals surface area contributed by atoms with Crippen LogP contribution in [-0.2, 0) is 83.6 Å². The van der Waals surface area contributed by atoms with Crippen molar-refractivity contribution in [2.75, 3.05) is 33.5 Å². The van der Waals surface area contributed by atoms with Crippen molar-refractivity contribution >= 4 is 57.2 Å². The molecule has 0 aromatic heterocycles. The molecule has 0 spiro atoms. The summed E-state index contributed by atoms with van der Waals surface area (Å²) in [4.78, 5) is 4.32. The van der Waals surface area contributed by atoms with Gasteiger partial charge in [-0.05, 0) is 0 Å². The van der Waals surface area contributed by atoms with Gasteiger partial charge in [-0.2, -0.15) is 0 Å². The van der Waals surface area contributed by atoms with E-state index in [0.29, 0.717) is 0 Å². The summed E-state index contributed by atoms with van der Waals surface area (Å²) >= 11 is 0. The quantitative estimate of drug-likeness (QED) is 0.0363. The molecule has 37 heavy (non-hydrogen) atoms. The average molecular weight is 659 g/mol. The fraction of sp³-hybridized carbons (Fsp3) is 1.00. The normalized spacial score (nSPS) is 27.5. The topological polar surface area (TPSA) is 313 Å². The van der Waals surface area contributed by atoms with Crippen LogP contribution in [0, 0.1) is 0 Å². The lowest BCUT2D eigenvalue weighted by atomic mass is 9.85. The van der Waals surface area contributed by atoms with Crippen molar-refractivity contribution in [2.24, 2.45) is 0 Å². The number of methoxy groups -OCH3 is 1. The minimum atomic E-state index is -5.73. The van der Waals surface area contributed by atoms with E-state index < -0.39 is 100 Å². The summed E-state index contributed by atoms with van der Waals surface area (Å²) in [6.45, 7) is -0.670. The first-order chi connectivity index (χ1) is 17.2. The van der Waals surface area contributed by atoms with Crippen molar-refractivity contribution < 1.29 is 91.0 Å². The molecule has 1 rings (SSSR count). The molecule has 1 saturated carbocycles. The minimum Gasteiger partial charge on any atom is -0.810 e. The molecule has 1 aliphatic rings. The van der Waals surface area contributed by atoms with Crippen molar-refractivity contribution in [3.63, 3.8) is 0 Å². The van der Waals surface area contributed by atoms with Crippen LogP contribution >= 0.6 is 15.2 Å². The average Bonchev–Trinajstić information content (AvgIpc) is 2.74. The third-order valence-electron chi connectivity index (χ3n) is 3.97. The highest BCUT2D eigenvalue weighted by molar-refractivity contribution is 8.12. The minimum absolute atomic E-state index is 0.0326. The fourth-order valence-electron chi connectivity index (χ4n) is 2.85. The van der Waals surface area contributed by atoms with Crippen LogP contribution in [0.3, 0.4) is 0 Å². The van der Waals surface area contributed by atoms with E-state index in [-0.39, 0.29) is 19.8 Å². The molecule has 4 unspecified atom stereocenters. The second kappa shape index (κ2) is 17.4. The molecule has 0 N–H and O–H groups in total. The standard InChI is InChI=1S/C11H20O20P2S4/c1-23-2-3-24-4-5-25-6-10(29-36(17,18)19)8(27-32-34(13)14)7(26-31-12)9(28-33-35(15)16)11(6)30-37(20,21)22/h6-11H,2-5H2,1H3,(H3-4,12,13,14,15,16,17,18,19,20,21,22)/q-4/p-3/t6?,7?,8-,9?,10?,11-/m1/s1. The fourth-order valence-corrected chi connectivity index (χ4v) is 5.67. The number of ether oxygens (including phenoxy) is 3. The van der Waals surface area contributed by atoms with Gasteiger partial charge in [0.1, 0.15) is 30.5 Å². The smallest absolute Gasteiger partial charge is 0.218 e. The Kier molecular flexibility index (Phi) is 16.7. The predicted octanol–water partition coefficient (Wildman–Crippen LogP) is -3.59. The van der Waals surface area contributed by atoms with Crippen LogP contribution in [0.25, 0.3) is 0 Å². The molecule has 6 atom stereocenters. The SMILES string of the molecule is COCCOCCOC1C(OS(=O)(=O)[O-])[C@H](OP=S([O-])[O-])C(OO[O-])C(OP=S([O-])[O-])[C@@H]1OS(=O)(=O)[O-]. The van der Waals surface area contributed by atoms with Crippen molar-refractivity contribution in [2.45, 2.75) is 36.6 Å². The van der Waals surface area contributed by atoms with Gasteiger partial charge in [-0.3, -0.25) is 13.4 Å². The molecule has 0 aromatic rings. The highest BCUT2D eigenvalue weighted by Gasteiger charge is 2.57. The molecule has 20 nitrogen and oxygen atoms in total. The van der Waals surface area contributed by atoms with Crippen LogP contribution in [0.5, 0.6) is 0 Å². The lowest BCUT2D eigenvalue weighted by Crippen LogP contribution is -2.67. The maximum atomic E-state index is 11.4. The van der Waals surface area contributed by atoms with E-state index in [1.54, 1.807) is 0 Å². The monoisotopic (exact) mass is 659 g/mol. The van der Waals surface area contributed by atoms with Gasteiger partial charge in [-0.15, -0.1) is 0 Å². The Balaban J connectivity index is 3.61. The predicted molar refractivity (Wildman–Crippen MR) is 109 cm³/mol. The molecule has 0 heterocycles. The second-order valence-corrected chi connectivity index (χ2v) is 12.5. The van der Waals surface area contributed by atoms with E-state index >= 15 is 0 Å². The van der Waals surface area contributed by atoms with Crippen LogP contribution < -0.4 is 5.26 Å². The lowest BCUT2D eigenvalue weighted by molar-refractivity contribution is -0.807. The molecule has 1 fully saturated rings. The molecule has 1 aliphatic carbocycles. The molecule has 26 heteroatoms. The van der Waals surface area contributed by atoms with Crippen molar-refractivity contribution in [3.8, 4) is 0 Å². The third kappa shape index (κ3) is 14.1. The third-order valence-corrected chi connectivity index (χ3v) is 7.04. The van der Waals surface area contributed by atoms with Gasteiger partial charge in [-0.25, -0.2) is 21.7 Å². The van der Waals surface area contributed by atoms with Gasteiger partial charge in [0.05, 0.1) is 41.6 Å². The zero-order valence-corrected chi connectivity index (χ0v) is 23.0. The van der Waals surface area contributed by atoms with E-state index in [1.807, 2.05) is 0 Å². The van der Waals surface area contributed by atoms with Gasteiger partial charge in [0.15, 0.2) is 6.10 Å². The van der Waals surface area contributed by atoms with Crippen LogP contribution in [0.4, 0.5) is 0 Å². The maximum Gasteiger partial charge on any atom is 0.218 e. The Labute approximate surface area is 218 Å². The van der Waals surface area contributed by atoms with Crippen LogP contribution in [0.15, 0.2) is 0 Å². The van der Waals surface area contributed by atoms with Crippen molar-refractivity contribution in [1.29, 1.82) is 0 Å². The summed E-state index contributed by atoms with van der Waals surface area (Å²) in [6.07, 6.45) is -13.6. The molecule has 222 valence electrons. The van der Waals surface area contributed by atoms with Gasteiger partial charge in [0, 0.05) is 7.11 Å². The van der Waals surface area contributed by atoms with E-state index in [4.69, 9.17) is 23.3 Å². The molecule has 0 bridgehead atoms. The second-order valence-electron chi connectivity index (χ2n) is 6.23. The Morgan fingerprint density at radius 2 is 1.16 bits per heavy atom. The van der Waals surface area contributed by atoms with Gasteiger partial charge in [-0.1, -0.05) is 0 Å². The molecular formula is C11H17O20P2S4-7. The Morgan fingerprint density at radius 1 is 0.703 bits per heavy atom. The van der Waals surface area contributed by atoms with E-state index in [9.17, 15) is 49.4 Å². The summed E-state index contributed by atoms with van der Waals surface area (Å²) in [7, 11) is -18.1. The summed E-state index contributed by atoms with van der Waals surface area (Å²) in [6, 6.07) is 0. The molecular weight excluding hydrogens is 642 g/mol. The summed E-state index contributed by atoms with van der Waals surface area (Å²) < 4.78 is 146. The lowest BCUT2D eigenvalue weighted by Gasteiger charge is -2.48. The zero-order valence-electron chi connectivity index (χ0n) is 18.0. The van der Waals surface area contributed by atoms with Crippen LogP contribution in [-0.4, -0.2) is 114 Å². The largest absolute Gasteiger partial charge is 0.810 e. The summed E-state index contributed by atoms with van der Waals surface area (Å²) in [5, 5.41) is 14.0. The Hall–Kier alpha value is 0.560. The van der Waals surface area contributed by atoms with Crippen LogP contribution in [0.2, 0.25) is 0 Å². The van der Waals surface area contributed by atoms with Crippen molar-refractivity contribution in [1.82, 2.24) is 0 Å². The first-order valence-corrected chi connectivity index (χ1v) is 16.7. The highest BCUT2D eigenvalue weighted by atomic mass is 32.5. The zero-order chi connectivity index (χ0) is 28.2. The Bertz CT molecular complexity index is 885. The van der Waals surface area contributed by atoms with E-state index in [1.165, 1.54) is 7.11 Å². The highest BCUT2D eigenvalue weighted by Crippen LogP contribution is 2.38.